The highest BCUT2D eigenvalue weighted by atomic mass is 32.1. The Morgan fingerprint density at radius 3 is 2.71 bits per heavy atom. The first-order valence-corrected chi connectivity index (χ1v) is 9.28. The second-order valence-corrected chi connectivity index (χ2v) is 8.69. The summed E-state index contributed by atoms with van der Waals surface area (Å²) in [6, 6.07) is 2.43. The molecule has 2 nitrogen and oxygen atoms in total. The summed E-state index contributed by atoms with van der Waals surface area (Å²) < 4.78 is 0. The Hall–Kier alpha value is -0.380. The van der Waals surface area contributed by atoms with Crippen LogP contribution in [0.15, 0.2) is 6.07 Å². The Morgan fingerprint density at radius 1 is 1.33 bits per heavy atom. The van der Waals surface area contributed by atoms with Gasteiger partial charge in [-0.3, -0.25) is 4.90 Å². The lowest BCUT2D eigenvalue weighted by atomic mass is 9.95. The zero-order valence-corrected chi connectivity index (χ0v) is 15.2. The molecule has 1 atom stereocenters. The van der Waals surface area contributed by atoms with Gasteiger partial charge in [0, 0.05) is 29.4 Å². The molecule has 3 heteroatoms. The van der Waals surface area contributed by atoms with Gasteiger partial charge in [0.05, 0.1) is 0 Å². The van der Waals surface area contributed by atoms with Gasteiger partial charge in [0.2, 0.25) is 0 Å². The molecule has 0 spiro atoms. The monoisotopic (exact) mass is 308 g/mol. The Bertz CT molecular complexity index is 436. The Kier molecular flexibility index (Phi) is 6.27. The molecule has 2 heterocycles. The molecule has 1 N–H and O–H groups in total. The molecule has 120 valence electrons. The van der Waals surface area contributed by atoms with Gasteiger partial charge in [-0.1, -0.05) is 27.7 Å². The minimum absolute atomic E-state index is 0.725. The third-order valence-electron chi connectivity index (χ3n) is 4.57. The lowest BCUT2D eigenvalue weighted by Gasteiger charge is -2.17. The van der Waals surface area contributed by atoms with Crippen molar-refractivity contribution in [3.05, 3.63) is 21.4 Å². The van der Waals surface area contributed by atoms with Crippen molar-refractivity contribution < 1.29 is 0 Å². The van der Waals surface area contributed by atoms with Crippen molar-refractivity contribution in [1.29, 1.82) is 0 Å². The minimum Gasteiger partial charge on any atom is -0.312 e. The second kappa shape index (κ2) is 7.75. The molecule has 1 aromatic rings. The average Bonchev–Trinajstić information content (AvgIpc) is 2.98. The maximum Gasteiger partial charge on any atom is 0.0300 e. The van der Waals surface area contributed by atoms with Crippen molar-refractivity contribution in [2.45, 2.75) is 54.1 Å². The van der Waals surface area contributed by atoms with E-state index in [0.717, 1.165) is 37.4 Å². The SMILES string of the molecule is Cc1sc(CNCC(C)C)cc1CN1CCC(C(C)C)C1. The molecule has 0 aromatic carbocycles. The van der Waals surface area contributed by atoms with Crippen LogP contribution >= 0.6 is 11.3 Å². The molecule has 1 aliphatic heterocycles. The summed E-state index contributed by atoms with van der Waals surface area (Å²) >= 11 is 1.97. The van der Waals surface area contributed by atoms with Gasteiger partial charge >= 0.3 is 0 Å². The van der Waals surface area contributed by atoms with Crippen LogP contribution in [0.2, 0.25) is 0 Å². The first kappa shape index (κ1) is 17.0. The maximum absolute atomic E-state index is 3.55. The highest BCUT2D eigenvalue weighted by Crippen LogP contribution is 2.28. The highest BCUT2D eigenvalue weighted by Gasteiger charge is 2.25. The number of hydrogen-bond acceptors (Lipinski definition) is 3. The van der Waals surface area contributed by atoms with E-state index in [2.05, 4.69) is 50.9 Å². The number of thiophene rings is 1. The third kappa shape index (κ3) is 5.08. The van der Waals surface area contributed by atoms with Crippen molar-refractivity contribution in [2.75, 3.05) is 19.6 Å². The Morgan fingerprint density at radius 2 is 2.10 bits per heavy atom. The normalized spacial score (nSPS) is 20.0. The van der Waals surface area contributed by atoms with Crippen molar-refractivity contribution in [3.8, 4) is 0 Å². The molecule has 2 rings (SSSR count). The van der Waals surface area contributed by atoms with Crippen LogP contribution in [0.5, 0.6) is 0 Å². The minimum atomic E-state index is 0.725. The smallest absolute Gasteiger partial charge is 0.0300 e. The van der Waals surface area contributed by atoms with Crippen LogP contribution in [-0.2, 0) is 13.1 Å². The summed E-state index contributed by atoms with van der Waals surface area (Å²) in [4.78, 5) is 5.64. The van der Waals surface area contributed by atoms with Gasteiger partial charge in [0.15, 0.2) is 0 Å². The fourth-order valence-electron chi connectivity index (χ4n) is 3.11. The van der Waals surface area contributed by atoms with Crippen LogP contribution in [0, 0.1) is 24.7 Å². The zero-order chi connectivity index (χ0) is 15.4. The summed E-state index contributed by atoms with van der Waals surface area (Å²) in [5, 5.41) is 3.55. The van der Waals surface area contributed by atoms with Crippen molar-refractivity contribution >= 4 is 11.3 Å². The van der Waals surface area contributed by atoms with Crippen LogP contribution in [0.4, 0.5) is 0 Å². The number of aryl methyl sites for hydroxylation is 1. The molecular weight excluding hydrogens is 276 g/mol. The van der Waals surface area contributed by atoms with Crippen LogP contribution < -0.4 is 5.32 Å². The van der Waals surface area contributed by atoms with E-state index in [4.69, 9.17) is 0 Å². The van der Waals surface area contributed by atoms with Crippen LogP contribution in [0.1, 0.15) is 49.4 Å². The second-order valence-electron chi connectivity index (χ2n) is 7.35. The van der Waals surface area contributed by atoms with Crippen molar-refractivity contribution in [2.24, 2.45) is 17.8 Å². The molecule has 1 unspecified atom stereocenters. The van der Waals surface area contributed by atoms with E-state index in [1.165, 1.54) is 29.3 Å². The fraction of sp³-hybridized carbons (Fsp3) is 0.778. The topological polar surface area (TPSA) is 15.3 Å². The predicted molar refractivity (Wildman–Crippen MR) is 93.8 cm³/mol. The maximum atomic E-state index is 3.55. The Labute approximate surface area is 134 Å². The van der Waals surface area contributed by atoms with Gasteiger partial charge in [-0.2, -0.15) is 0 Å². The van der Waals surface area contributed by atoms with Gasteiger partial charge in [-0.25, -0.2) is 0 Å². The molecule has 0 amide bonds. The fourth-order valence-corrected chi connectivity index (χ4v) is 4.13. The molecule has 0 aliphatic carbocycles. The molecule has 0 radical (unpaired) electrons. The zero-order valence-electron chi connectivity index (χ0n) is 14.4. The van der Waals surface area contributed by atoms with E-state index in [0.29, 0.717) is 0 Å². The summed E-state index contributed by atoms with van der Waals surface area (Å²) in [7, 11) is 0. The van der Waals surface area contributed by atoms with E-state index in [9.17, 15) is 0 Å². The van der Waals surface area contributed by atoms with E-state index in [-0.39, 0.29) is 0 Å². The Balaban J connectivity index is 1.85. The molecule has 0 saturated carbocycles. The lowest BCUT2D eigenvalue weighted by molar-refractivity contribution is 0.296. The predicted octanol–water partition coefficient (Wildman–Crippen LogP) is 4.28. The van der Waals surface area contributed by atoms with Gasteiger partial charge in [0.25, 0.3) is 0 Å². The molecule has 1 saturated heterocycles. The van der Waals surface area contributed by atoms with Crippen molar-refractivity contribution in [3.63, 3.8) is 0 Å². The number of hydrogen-bond donors (Lipinski definition) is 1. The van der Waals surface area contributed by atoms with Crippen LogP contribution in [0.25, 0.3) is 0 Å². The molecule has 21 heavy (non-hydrogen) atoms. The largest absolute Gasteiger partial charge is 0.312 e. The average molecular weight is 309 g/mol. The summed E-state index contributed by atoms with van der Waals surface area (Å²) in [5.74, 6) is 2.45. The van der Waals surface area contributed by atoms with E-state index < -0.39 is 0 Å². The van der Waals surface area contributed by atoms with Gasteiger partial charge in [-0.05, 0) is 55.8 Å². The van der Waals surface area contributed by atoms with E-state index in [1.54, 1.807) is 5.56 Å². The number of rotatable bonds is 7. The first-order valence-electron chi connectivity index (χ1n) is 8.47. The van der Waals surface area contributed by atoms with Gasteiger partial charge in [0.1, 0.15) is 0 Å². The first-order chi connectivity index (χ1) is 9.95. The molecular formula is C18H32N2S. The van der Waals surface area contributed by atoms with E-state index >= 15 is 0 Å². The standard InChI is InChI=1S/C18H32N2S/c1-13(2)9-19-10-18-8-17(15(5)21-18)12-20-7-6-16(11-20)14(3)4/h8,13-14,16,19H,6-7,9-12H2,1-5H3. The molecule has 1 fully saturated rings. The third-order valence-corrected chi connectivity index (χ3v) is 5.66. The summed E-state index contributed by atoms with van der Waals surface area (Å²) in [5.41, 5.74) is 1.55. The molecule has 0 bridgehead atoms. The number of nitrogens with zero attached hydrogens (tertiary/aromatic N) is 1. The quantitative estimate of drug-likeness (QED) is 0.809. The summed E-state index contributed by atoms with van der Waals surface area (Å²) in [6.07, 6.45) is 1.38. The lowest BCUT2D eigenvalue weighted by Crippen LogP contribution is -2.21. The van der Waals surface area contributed by atoms with E-state index in [1.807, 2.05) is 11.3 Å². The van der Waals surface area contributed by atoms with Gasteiger partial charge < -0.3 is 5.32 Å². The molecule has 1 aromatic heterocycles. The molecule has 1 aliphatic rings. The summed E-state index contributed by atoms with van der Waals surface area (Å²) in [6.45, 7) is 17.4. The van der Waals surface area contributed by atoms with Crippen LogP contribution in [-0.4, -0.2) is 24.5 Å². The highest BCUT2D eigenvalue weighted by molar-refractivity contribution is 7.12. The number of likely N-dealkylation sites (tertiary alicyclic amines) is 1. The van der Waals surface area contributed by atoms with Crippen LogP contribution in [0.3, 0.4) is 0 Å². The van der Waals surface area contributed by atoms with Gasteiger partial charge in [-0.15, -0.1) is 11.3 Å². The van der Waals surface area contributed by atoms with Crippen molar-refractivity contribution in [1.82, 2.24) is 10.2 Å². The number of nitrogens with one attached hydrogen (secondary N) is 1.